The molecule has 0 saturated carbocycles. The van der Waals surface area contributed by atoms with Crippen molar-refractivity contribution in [3.63, 3.8) is 0 Å². The minimum atomic E-state index is 0.394. The van der Waals surface area contributed by atoms with Gasteiger partial charge < -0.3 is 5.32 Å². The van der Waals surface area contributed by atoms with Crippen LogP contribution in [-0.2, 0) is 12.8 Å². The molecule has 4 nitrogen and oxygen atoms in total. The average Bonchev–Trinajstić information content (AvgIpc) is 2.47. The summed E-state index contributed by atoms with van der Waals surface area (Å²) in [5, 5.41) is 12.3. The van der Waals surface area contributed by atoms with Gasteiger partial charge in [0.25, 0.3) is 0 Å². The summed E-state index contributed by atoms with van der Waals surface area (Å²) in [6.07, 6.45) is 6.57. The molecule has 1 N–H and O–H groups in total. The number of aromatic nitrogens is 2. The highest BCUT2D eigenvalue weighted by molar-refractivity contribution is 5.47. The maximum absolute atomic E-state index is 8.85. The number of anilines is 1. The Morgan fingerprint density at radius 2 is 2.21 bits per heavy atom. The molecule has 0 aromatic carbocycles. The van der Waals surface area contributed by atoms with E-state index < -0.39 is 0 Å². The Balaban J connectivity index is 1.74. The standard InChI is InChI=1S/C15H14N4/c16-10-14-9-13(5-7-17-14)19-12-3-4-15-11(8-12)2-1-6-18-15/h1-2,5-7,9,12H,3-4,8H2,(H,17,19). The van der Waals surface area contributed by atoms with Crippen molar-refractivity contribution in [3.05, 3.63) is 53.6 Å². The molecule has 19 heavy (non-hydrogen) atoms. The number of nitriles is 1. The molecular formula is C15H14N4. The molecule has 2 aromatic rings. The van der Waals surface area contributed by atoms with Crippen molar-refractivity contribution in [3.8, 4) is 6.07 Å². The number of nitrogens with one attached hydrogen (secondary N) is 1. The van der Waals surface area contributed by atoms with E-state index in [-0.39, 0.29) is 0 Å². The molecular weight excluding hydrogens is 236 g/mol. The minimum absolute atomic E-state index is 0.394. The van der Waals surface area contributed by atoms with E-state index in [2.05, 4.69) is 27.4 Å². The molecule has 0 fully saturated rings. The van der Waals surface area contributed by atoms with Gasteiger partial charge in [0.05, 0.1) is 0 Å². The predicted octanol–water partition coefficient (Wildman–Crippen LogP) is 2.32. The van der Waals surface area contributed by atoms with Gasteiger partial charge in [-0.2, -0.15) is 5.26 Å². The summed E-state index contributed by atoms with van der Waals surface area (Å²) in [4.78, 5) is 8.38. The normalized spacial score (nSPS) is 17.3. The van der Waals surface area contributed by atoms with Crippen LogP contribution in [0.25, 0.3) is 0 Å². The Labute approximate surface area is 112 Å². The van der Waals surface area contributed by atoms with E-state index in [4.69, 9.17) is 5.26 Å². The SMILES string of the molecule is N#Cc1cc(NC2CCc3ncccc3C2)ccn1. The predicted molar refractivity (Wildman–Crippen MR) is 72.6 cm³/mol. The van der Waals surface area contributed by atoms with Gasteiger partial charge in [0.1, 0.15) is 11.8 Å². The fourth-order valence-corrected chi connectivity index (χ4v) is 2.50. The lowest BCUT2D eigenvalue weighted by atomic mass is 9.92. The quantitative estimate of drug-likeness (QED) is 0.888. The number of hydrogen-bond acceptors (Lipinski definition) is 4. The van der Waals surface area contributed by atoms with Gasteiger partial charge >= 0.3 is 0 Å². The van der Waals surface area contributed by atoms with Crippen LogP contribution < -0.4 is 5.32 Å². The van der Waals surface area contributed by atoms with Crippen LogP contribution in [0, 0.1) is 11.3 Å². The van der Waals surface area contributed by atoms with E-state index in [1.54, 1.807) is 12.3 Å². The van der Waals surface area contributed by atoms with Crippen molar-refractivity contribution >= 4 is 5.69 Å². The Bertz CT molecular complexity index is 630. The fourth-order valence-electron chi connectivity index (χ4n) is 2.50. The molecule has 94 valence electrons. The average molecular weight is 250 g/mol. The minimum Gasteiger partial charge on any atom is -0.382 e. The van der Waals surface area contributed by atoms with E-state index in [1.807, 2.05) is 18.3 Å². The van der Waals surface area contributed by atoms with Gasteiger partial charge in [-0.15, -0.1) is 0 Å². The number of hydrogen-bond donors (Lipinski definition) is 1. The highest BCUT2D eigenvalue weighted by Crippen LogP contribution is 2.22. The molecule has 1 unspecified atom stereocenters. The molecule has 2 aromatic heterocycles. The van der Waals surface area contributed by atoms with E-state index in [9.17, 15) is 0 Å². The van der Waals surface area contributed by atoms with Crippen molar-refractivity contribution in [1.29, 1.82) is 5.26 Å². The van der Waals surface area contributed by atoms with Crippen LogP contribution in [0.1, 0.15) is 23.4 Å². The molecule has 0 bridgehead atoms. The summed E-state index contributed by atoms with van der Waals surface area (Å²) in [6, 6.07) is 10.3. The zero-order chi connectivity index (χ0) is 13.1. The van der Waals surface area contributed by atoms with Crippen LogP contribution in [0.5, 0.6) is 0 Å². The third kappa shape index (κ3) is 2.55. The topological polar surface area (TPSA) is 61.6 Å². The lowest BCUT2D eigenvalue weighted by Gasteiger charge is -2.25. The molecule has 2 heterocycles. The summed E-state index contributed by atoms with van der Waals surface area (Å²) in [7, 11) is 0. The van der Waals surface area contributed by atoms with Crippen LogP contribution >= 0.6 is 0 Å². The van der Waals surface area contributed by atoms with Crippen LogP contribution in [0.4, 0.5) is 5.69 Å². The molecule has 1 aliphatic rings. The smallest absolute Gasteiger partial charge is 0.142 e. The molecule has 1 atom stereocenters. The Morgan fingerprint density at radius 1 is 1.26 bits per heavy atom. The third-order valence-electron chi connectivity index (χ3n) is 3.43. The number of pyridine rings is 2. The lowest BCUT2D eigenvalue weighted by Crippen LogP contribution is -2.27. The van der Waals surface area contributed by atoms with Crippen molar-refractivity contribution in [2.75, 3.05) is 5.32 Å². The summed E-state index contributed by atoms with van der Waals surface area (Å²) in [5.74, 6) is 0. The maximum atomic E-state index is 8.85. The maximum Gasteiger partial charge on any atom is 0.142 e. The lowest BCUT2D eigenvalue weighted by molar-refractivity contribution is 0.599. The zero-order valence-corrected chi connectivity index (χ0v) is 10.5. The van der Waals surface area contributed by atoms with Gasteiger partial charge in [-0.3, -0.25) is 4.98 Å². The Morgan fingerprint density at radius 3 is 3.11 bits per heavy atom. The van der Waals surface area contributed by atoms with Crippen LogP contribution in [0.2, 0.25) is 0 Å². The second kappa shape index (κ2) is 5.07. The summed E-state index contributed by atoms with van der Waals surface area (Å²) in [5.41, 5.74) is 3.94. The van der Waals surface area contributed by atoms with Crippen molar-refractivity contribution in [2.24, 2.45) is 0 Å². The van der Waals surface area contributed by atoms with Gasteiger partial charge in [0, 0.05) is 29.8 Å². The largest absolute Gasteiger partial charge is 0.382 e. The number of aryl methyl sites for hydroxylation is 1. The van der Waals surface area contributed by atoms with Gasteiger partial charge in [-0.25, -0.2) is 4.98 Å². The first kappa shape index (κ1) is 11.7. The second-order valence-corrected chi connectivity index (χ2v) is 4.73. The summed E-state index contributed by atoms with van der Waals surface area (Å²) in [6.45, 7) is 0. The summed E-state index contributed by atoms with van der Waals surface area (Å²) < 4.78 is 0. The molecule has 0 radical (unpaired) electrons. The highest BCUT2D eigenvalue weighted by Gasteiger charge is 2.18. The van der Waals surface area contributed by atoms with Crippen LogP contribution in [-0.4, -0.2) is 16.0 Å². The first-order valence-electron chi connectivity index (χ1n) is 6.40. The first-order chi connectivity index (χ1) is 9.35. The van der Waals surface area contributed by atoms with Gasteiger partial charge in [0.2, 0.25) is 0 Å². The second-order valence-electron chi connectivity index (χ2n) is 4.73. The van der Waals surface area contributed by atoms with E-state index in [0.717, 1.165) is 24.9 Å². The van der Waals surface area contributed by atoms with Gasteiger partial charge in [-0.05, 0) is 43.0 Å². The molecule has 0 amide bonds. The molecule has 0 saturated heterocycles. The fraction of sp³-hybridized carbons (Fsp3) is 0.267. The molecule has 0 spiro atoms. The van der Waals surface area contributed by atoms with E-state index in [0.29, 0.717) is 11.7 Å². The van der Waals surface area contributed by atoms with Crippen molar-refractivity contribution in [2.45, 2.75) is 25.3 Å². The van der Waals surface area contributed by atoms with E-state index >= 15 is 0 Å². The van der Waals surface area contributed by atoms with E-state index in [1.165, 1.54) is 11.3 Å². The molecule has 3 rings (SSSR count). The number of fused-ring (bicyclic) bond motifs is 1. The summed E-state index contributed by atoms with van der Waals surface area (Å²) >= 11 is 0. The molecule has 4 heteroatoms. The number of nitrogens with zero attached hydrogens (tertiary/aromatic N) is 3. The Kier molecular flexibility index (Phi) is 3.11. The number of rotatable bonds is 2. The third-order valence-corrected chi connectivity index (χ3v) is 3.43. The molecule has 0 aliphatic heterocycles. The van der Waals surface area contributed by atoms with Crippen molar-refractivity contribution in [1.82, 2.24) is 9.97 Å². The monoisotopic (exact) mass is 250 g/mol. The van der Waals surface area contributed by atoms with Gasteiger partial charge in [-0.1, -0.05) is 6.07 Å². The van der Waals surface area contributed by atoms with Crippen LogP contribution in [0.3, 0.4) is 0 Å². The van der Waals surface area contributed by atoms with Crippen LogP contribution in [0.15, 0.2) is 36.7 Å². The zero-order valence-electron chi connectivity index (χ0n) is 10.5. The highest BCUT2D eigenvalue weighted by atomic mass is 14.9. The molecule has 1 aliphatic carbocycles. The first-order valence-corrected chi connectivity index (χ1v) is 6.40. The Hall–Kier alpha value is -2.41. The van der Waals surface area contributed by atoms with Crippen molar-refractivity contribution < 1.29 is 0 Å². The van der Waals surface area contributed by atoms with Gasteiger partial charge in [0.15, 0.2) is 0 Å².